The lowest BCUT2D eigenvalue weighted by atomic mass is 10.2. The van der Waals surface area contributed by atoms with Crippen molar-refractivity contribution in [3.05, 3.63) is 116 Å². The molecule has 0 fully saturated rings. The topological polar surface area (TPSA) is 81.8 Å². The van der Waals surface area contributed by atoms with Gasteiger partial charge in [-0.05, 0) is 23.3 Å². The van der Waals surface area contributed by atoms with E-state index in [0.29, 0.717) is 5.56 Å². The van der Waals surface area contributed by atoms with Crippen molar-refractivity contribution in [2.24, 2.45) is 7.05 Å². The molecule has 2 aromatic heterocycles. The molecule has 2 aromatic carbocycles. The van der Waals surface area contributed by atoms with Crippen molar-refractivity contribution in [1.29, 1.82) is 0 Å². The molecular weight excluding hydrogens is 413 g/mol. The van der Waals surface area contributed by atoms with Crippen LogP contribution in [0.25, 0.3) is 5.52 Å². The van der Waals surface area contributed by atoms with Crippen LogP contribution in [0.2, 0.25) is 0 Å². The van der Waals surface area contributed by atoms with Crippen molar-refractivity contribution in [1.82, 2.24) is 14.3 Å². The first-order valence-electron chi connectivity index (χ1n) is 9.88. The van der Waals surface area contributed by atoms with Gasteiger partial charge in [0.15, 0.2) is 11.3 Å². The Morgan fingerprint density at radius 1 is 1.00 bits per heavy atom. The fraction of sp³-hybridized carbons (Fsp3) is 0.125. The minimum atomic E-state index is -0.680. The molecule has 0 saturated heterocycles. The summed E-state index contributed by atoms with van der Waals surface area (Å²) in [5.41, 5.74) is 0.262. The van der Waals surface area contributed by atoms with Gasteiger partial charge in [-0.1, -0.05) is 42.5 Å². The summed E-state index contributed by atoms with van der Waals surface area (Å²) in [4.78, 5) is 38.7. The lowest BCUT2D eigenvalue weighted by molar-refractivity contribution is 0.0948. The quantitative estimate of drug-likeness (QED) is 0.507. The Balaban J connectivity index is 1.71. The first kappa shape index (κ1) is 21.0. The van der Waals surface area contributed by atoms with E-state index in [0.717, 1.165) is 5.56 Å². The summed E-state index contributed by atoms with van der Waals surface area (Å²) in [6.07, 6.45) is 4.41. The number of nitrogens with one attached hydrogen (secondary N) is 1. The first-order valence-corrected chi connectivity index (χ1v) is 9.88. The van der Waals surface area contributed by atoms with Gasteiger partial charge in [-0.3, -0.25) is 14.4 Å². The predicted octanol–water partition coefficient (Wildman–Crippen LogP) is 2.65. The number of carbonyl (C=O) groups excluding carboxylic acids is 1. The molecule has 162 valence electrons. The van der Waals surface area contributed by atoms with Crippen LogP contribution in [0.15, 0.2) is 82.8 Å². The maximum Gasteiger partial charge on any atom is 0.278 e. The monoisotopic (exact) mass is 433 g/mol. The molecule has 0 spiro atoms. The molecule has 1 amide bonds. The van der Waals surface area contributed by atoms with Crippen LogP contribution in [0.3, 0.4) is 0 Å². The number of aromatic nitrogens is 2. The van der Waals surface area contributed by atoms with Crippen LogP contribution >= 0.6 is 0 Å². The largest absolute Gasteiger partial charge is 0.483 e. The van der Waals surface area contributed by atoms with Crippen LogP contribution in [0.1, 0.15) is 21.5 Å². The average molecular weight is 433 g/mol. The van der Waals surface area contributed by atoms with E-state index in [2.05, 4.69) is 5.32 Å². The summed E-state index contributed by atoms with van der Waals surface area (Å²) < 4.78 is 21.6. The Morgan fingerprint density at radius 3 is 2.44 bits per heavy atom. The van der Waals surface area contributed by atoms with Gasteiger partial charge >= 0.3 is 0 Å². The van der Waals surface area contributed by atoms with Crippen LogP contribution in [0, 0.1) is 5.82 Å². The van der Waals surface area contributed by atoms with Gasteiger partial charge < -0.3 is 19.0 Å². The van der Waals surface area contributed by atoms with Gasteiger partial charge in [0.1, 0.15) is 18.0 Å². The highest BCUT2D eigenvalue weighted by atomic mass is 19.1. The van der Waals surface area contributed by atoms with E-state index in [4.69, 9.17) is 4.74 Å². The van der Waals surface area contributed by atoms with Crippen molar-refractivity contribution in [3.63, 3.8) is 0 Å². The van der Waals surface area contributed by atoms with Crippen LogP contribution in [-0.2, 0) is 20.2 Å². The molecule has 0 atom stereocenters. The Kier molecular flexibility index (Phi) is 5.85. The number of fused-ring (bicyclic) bond motifs is 1. The number of halogens is 1. The van der Waals surface area contributed by atoms with E-state index in [9.17, 15) is 18.8 Å². The molecule has 8 heteroatoms. The zero-order valence-corrected chi connectivity index (χ0v) is 17.2. The number of ether oxygens (including phenoxy) is 1. The molecule has 0 unspecified atom stereocenters. The molecule has 0 aliphatic heterocycles. The van der Waals surface area contributed by atoms with Crippen molar-refractivity contribution in [2.45, 2.75) is 13.2 Å². The molecule has 4 rings (SSSR count). The maximum atomic E-state index is 13.2. The van der Waals surface area contributed by atoms with Crippen molar-refractivity contribution in [3.8, 4) is 5.75 Å². The highest BCUT2D eigenvalue weighted by Gasteiger charge is 2.20. The minimum Gasteiger partial charge on any atom is -0.483 e. The third-order valence-electron chi connectivity index (χ3n) is 5.00. The summed E-state index contributed by atoms with van der Waals surface area (Å²) in [6, 6.07) is 14.9. The number of benzene rings is 2. The van der Waals surface area contributed by atoms with Gasteiger partial charge in [-0.15, -0.1) is 0 Å². The number of nitrogens with zero attached hydrogens (tertiary/aromatic N) is 2. The van der Waals surface area contributed by atoms with E-state index < -0.39 is 16.9 Å². The number of amides is 1. The molecule has 2 heterocycles. The lowest BCUT2D eigenvalue weighted by Gasteiger charge is -2.13. The number of hydrogen-bond donors (Lipinski definition) is 1. The third-order valence-corrected chi connectivity index (χ3v) is 5.00. The smallest absolute Gasteiger partial charge is 0.278 e. The van der Waals surface area contributed by atoms with Crippen molar-refractivity contribution in [2.75, 3.05) is 0 Å². The van der Waals surface area contributed by atoms with E-state index in [1.807, 2.05) is 30.3 Å². The summed E-state index contributed by atoms with van der Waals surface area (Å²) in [6.45, 7) is 0.169. The molecule has 7 nitrogen and oxygen atoms in total. The molecule has 1 N–H and O–H groups in total. The first-order chi connectivity index (χ1) is 15.4. The van der Waals surface area contributed by atoms with Gasteiger partial charge in [0.05, 0.1) is 0 Å². The average Bonchev–Trinajstić information content (AvgIpc) is 2.81. The maximum absolute atomic E-state index is 13.2. The van der Waals surface area contributed by atoms with Gasteiger partial charge in [-0.2, -0.15) is 0 Å². The Morgan fingerprint density at radius 2 is 1.72 bits per heavy atom. The van der Waals surface area contributed by atoms with E-state index in [1.54, 1.807) is 25.4 Å². The summed E-state index contributed by atoms with van der Waals surface area (Å²) in [5.74, 6) is -1.20. The second-order valence-electron chi connectivity index (χ2n) is 7.25. The molecular formula is C24H20FN3O4. The molecule has 4 aromatic rings. The molecule has 0 saturated carbocycles. The van der Waals surface area contributed by atoms with Crippen molar-refractivity contribution >= 4 is 11.4 Å². The number of aryl methyl sites for hydroxylation is 1. The standard InChI is InChI=1S/C24H20FN3O4/c1-27-11-12-28-14-19(23(30)26-13-16-7-9-18(25)10-8-16)21(29)22(20(28)24(27)31)32-15-17-5-3-2-4-6-17/h2-12,14H,13,15H2,1H3,(H,26,30). The summed E-state index contributed by atoms with van der Waals surface area (Å²) in [5, 5.41) is 2.65. The number of hydrogen-bond acceptors (Lipinski definition) is 4. The highest BCUT2D eigenvalue weighted by Crippen LogP contribution is 2.15. The van der Waals surface area contributed by atoms with Crippen LogP contribution < -0.4 is 21.0 Å². The van der Waals surface area contributed by atoms with E-state index in [1.165, 1.54) is 33.5 Å². The van der Waals surface area contributed by atoms with E-state index in [-0.39, 0.29) is 35.8 Å². The molecule has 32 heavy (non-hydrogen) atoms. The lowest BCUT2D eigenvalue weighted by Crippen LogP contribution is -2.31. The molecule has 0 bridgehead atoms. The highest BCUT2D eigenvalue weighted by molar-refractivity contribution is 5.94. The second-order valence-corrected chi connectivity index (χ2v) is 7.25. The fourth-order valence-corrected chi connectivity index (χ4v) is 3.25. The zero-order valence-electron chi connectivity index (χ0n) is 17.2. The number of carbonyl (C=O) groups is 1. The number of rotatable bonds is 6. The summed E-state index contributed by atoms with van der Waals surface area (Å²) >= 11 is 0. The fourth-order valence-electron chi connectivity index (χ4n) is 3.25. The molecule has 0 radical (unpaired) electrons. The van der Waals surface area contributed by atoms with Gasteiger partial charge in [0, 0.05) is 32.2 Å². The van der Waals surface area contributed by atoms with Gasteiger partial charge in [0.25, 0.3) is 11.5 Å². The summed E-state index contributed by atoms with van der Waals surface area (Å²) in [7, 11) is 1.57. The van der Waals surface area contributed by atoms with Gasteiger partial charge in [0.2, 0.25) is 5.43 Å². The zero-order chi connectivity index (χ0) is 22.7. The minimum absolute atomic E-state index is 0.0472. The SMILES string of the molecule is Cn1ccn2cc(C(=O)NCc3ccc(F)cc3)c(=O)c(OCc3ccccc3)c2c1=O. The predicted molar refractivity (Wildman–Crippen MR) is 117 cm³/mol. The van der Waals surface area contributed by atoms with E-state index >= 15 is 0 Å². The van der Waals surface area contributed by atoms with Crippen LogP contribution in [-0.4, -0.2) is 14.9 Å². The van der Waals surface area contributed by atoms with Crippen LogP contribution in [0.4, 0.5) is 4.39 Å². The molecule has 0 aliphatic rings. The Bertz CT molecular complexity index is 1390. The Labute approximate surface area is 182 Å². The van der Waals surface area contributed by atoms with Crippen molar-refractivity contribution < 1.29 is 13.9 Å². The number of pyridine rings is 1. The molecule has 0 aliphatic carbocycles. The third kappa shape index (κ3) is 4.29. The second kappa shape index (κ2) is 8.89. The van der Waals surface area contributed by atoms with Crippen LogP contribution in [0.5, 0.6) is 5.75 Å². The Hall–Kier alpha value is -4.20. The normalized spacial score (nSPS) is 10.8. The van der Waals surface area contributed by atoms with Gasteiger partial charge in [-0.25, -0.2) is 4.39 Å².